The summed E-state index contributed by atoms with van der Waals surface area (Å²) in [6.07, 6.45) is -2.81. The van der Waals surface area contributed by atoms with E-state index >= 15 is 0 Å². The average Bonchev–Trinajstić information content (AvgIpc) is 3.35. The van der Waals surface area contributed by atoms with Gasteiger partial charge in [-0.1, -0.05) is 12.1 Å². The van der Waals surface area contributed by atoms with Gasteiger partial charge in [-0.05, 0) is 81.2 Å². The summed E-state index contributed by atoms with van der Waals surface area (Å²) in [5.41, 5.74) is 0.402. The Morgan fingerprint density at radius 1 is 1.21 bits per heavy atom. The van der Waals surface area contributed by atoms with Gasteiger partial charge in [-0.25, -0.2) is 19.3 Å². The van der Waals surface area contributed by atoms with Gasteiger partial charge in [0.05, 0.1) is 29.9 Å². The maximum absolute atomic E-state index is 13.6. The highest BCUT2D eigenvalue weighted by Crippen LogP contribution is 2.43. The quantitative estimate of drug-likeness (QED) is 0.344. The number of H-pyrrole nitrogens is 1. The number of aliphatic hydroxyl groups excluding tert-OH is 1. The van der Waals surface area contributed by atoms with E-state index in [0.717, 1.165) is 17.7 Å². The monoisotopic (exact) mass is 584 g/mol. The molecule has 0 saturated carbocycles. The van der Waals surface area contributed by atoms with E-state index in [2.05, 4.69) is 21.2 Å². The van der Waals surface area contributed by atoms with E-state index in [1.807, 2.05) is 7.05 Å². The number of aryl methyl sites for hydroxylation is 1. The van der Waals surface area contributed by atoms with E-state index in [4.69, 9.17) is 9.84 Å². The fraction of sp³-hybridized carbons (Fsp3) is 0.379. The summed E-state index contributed by atoms with van der Waals surface area (Å²) in [4.78, 5) is 30.0. The first-order valence-corrected chi connectivity index (χ1v) is 13.3. The lowest BCUT2D eigenvalue weighted by molar-refractivity contribution is -0.138. The van der Waals surface area contributed by atoms with E-state index < -0.39 is 29.4 Å². The number of nitrogens with one attached hydrogen (secondary N) is 1. The number of aromatic nitrogens is 3. The molecule has 0 aliphatic carbocycles. The molecule has 0 unspecified atom stereocenters. The average molecular weight is 585 g/mol. The summed E-state index contributed by atoms with van der Waals surface area (Å²) in [7, 11) is 3.12. The second-order valence-electron chi connectivity index (χ2n) is 9.98. The number of benzene rings is 2. The fourth-order valence-corrected chi connectivity index (χ4v) is 5.23. The SMILES string of the molecule is COC(=O)C1=C(C)N(c2cccc(C(F)(F)F)c2)c2n[nH]c(=O)n2[C@@H]1c1ccc(C#N)cc1CCCN(C)CCCO. The number of rotatable bonds is 10. The van der Waals surface area contributed by atoms with Gasteiger partial charge in [-0.15, -0.1) is 5.10 Å². The van der Waals surface area contributed by atoms with Crippen molar-refractivity contribution in [1.82, 2.24) is 19.7 Å². The van der Waals surface area contributed by atoms with Crippen LogP contribution in [0.25, 0.3) is 0 Å². The number of hydrogen-bond donors (Lipinski definition) is 2. The molecule has 2 aromatic carbocycles. The first-order chi connectivity index (χ1) is 20.0. The molecule has 0 bridgehead atoms. The van der Waals surface area contributed by atoms with Crippen LogP contribution >= 0.6 is 0 Å². The Balaban J connectivity index is 1.87. The van der Waals surface area contributed by atoms with E-state index in [0.29, 0.717) is 43.5 Å². The first kappa shape index (κ1) is 30.5. The number of allylic oxidation sites excluding steroid dienone is 1. The summed E-state index contributed by atoms with van der Waals surface area (Å²) in [5, 5.41) is 25.2. The standard InChI is InChI=1S/C29H31F3N6O4/c1-18-24(26(40)42-3)25(23-11-10-19(17-33)15-20(23)7-5-12-36(2)13-6-14-39)38-27(34-35-28(38)41)37(18)22-9-4-8-21(16-22)29(30,31)32/h4,8-11,15-16,25,39H,5-7,12-14H2,1-3H3,(H,35,41)/t25-/m1/s1. The molecule has 13 heteroatoms. The van der Waals surface area contributed by atoms with Crippen molar-refractivity contribution in [3.05, 3.63) is 86.5 Å². The van der Waals surface area contributed by atoms with Gasteiger partial charge in [0.25, 0.3) is 0 Å². The third-order valence-corrected chi connectivity index (χ3v) is 7.23. The normalized spacial score (nSPS) is 15.1. The molecule has 3 aromatic rings. The number of carbonyl (C=O) groups is 1. The number of anilines is 2. The number of nitriles is 1. The van der Waals surface area contributed by atoms with Gasteiger partial charge in [0.1, 0.15) is 6.04 Å². The molecular weight excluding hydrogens is 553 g/mol. The van der Waals surface area contributed by atoms with Gasteiger partial charge in [0, 0.05) is 24.5 Å². The predicted molar refractivity (Wildman–Crippen MR) is 148 cm³/mol. The Labute approximate surface area is 240 Å². The largest absolute Gasteiger partial charge is 0.466 e. The van der Waals surface area contributed by atoms with E-state index in [1.54, 1.807) is 25.1 Å². The summed E-state index contributed by atoms with van der Waals surface area (Å²) in [6.45, 7) is 3.04. The third-order valence-electron chi connectivity index (χ3n) is 7.23. The van der Waals surface area contributed by atoms with Crippen LogP contribution in [-0.4, -0.2) is 64.6 Å². The minimum Gasteiger partial charge on any atom is -0.466 e. The molecule has 0 spiro atoms. The second kappa shape index (κ2) is 12.6. The van der Waals surface area contributed by atoms with Crippen LogP contribution in [-0.2, 0) is 22.1 Å². The van der Waals surface area contributed by atoms with Crippen molar-refractivity contribution in [2.45, 2.75) is 38.4 Å². The zero-order valence-corrected chi connectivity index (χ0v) is 23.4. The van der Waals surface area contributed by atoms with E-state index in [1.165, 1.54) is 28.7 Å². The minimum atomic E-state index is -4.62. The molecular formula is C29H31F3N6O4. The van der Waals surface area contributed by atoms with Crippen LogP contribution in [0.15, 0.2) is 58.5 Å². The number of halogens is 3. The van der Waals surface area contributed by atoms with Gasteiger partial charge in [-0.3, -0.25) is 4.90 Å². The number of alkyl halides is 3. The van der Waals surface area contributed by atoms with Crippen molar-refractivity contribution >= 4 is 17.6 Å². The molecule has 2 N–H and O–H groups in total. The predicted octanol–water partition coefficient (Wildman–Crippen LogP) is 3.90. The molecule has 4 rings (SSSR count). The number of fused-ring (bicyclic) bond motifs is 1. The number of methoxy groups -OCH3 is 1. The third kappa shape index (κ3) is 6.09. The molecule has 0 saturated heterocycles. The molecule has 1 atom stereocenters. The van der Waals surface area contributed by atoms with E-state index in [-0.39, 0.29) is 29.5 Å². The summed E-state index contributed by atoms with van der Waals surface area (Å²) < 4.78 is 47.1. The number of nitrogens with zero attached hydrogens (tertiary/aromatic N) is 5. The number of ether oxygens (including phenoxy) is 1. The van der Waals surface area contributed by atoms with Crippen molar-refractivity contribution in [2.75, 3.05) is 38.8 Å². The lowest BCUT2D eigenvalue weighted by atomic mass is 9.88. The number of aromatic amines is 1. The van der Waals surface area contributed by atoms with Gasteiger partial charge in [-0.2, -0.15) is 18.4 Å². The molecule has 2 heterocycles. The number of carbonyl (C=O) groups excluding carboxylic acids is 1. The lowest BCUT2D eigenvalue weighted by Gasteiger charge is -2.36. The molecule has 0 fully saturated rings. The van der Waals surface area contributed by atoms with Gasteiger partial charge in [0.15, 0.2) is 0 Å². The first-order valence-electron chi connectivity index (χ1n) is 13.3. The Bertz CT molecular complexity index is 1590. The molecule has 0 radical (unpaired) electrons. The maximum Gasteiger partial charge on any atom is 0.416 e. The minimum absolute atomic E-state index is 0.00600. The molecule has 1 aromatic heterocycles. The topological polar surface area (TPSA) is 127 Å². The maximum atomic E-state index is 13.6. The van der Waals surface area contributed by atoms with Gasteiger partial charge < -0.3 is 14.7 Å². The highest BCUT2D eigenvalue weighted by molar-refractivity contribution is 5.93. The molecule has 42 heavy (non-hydrogen) atoms. The highest BCUT2D eigenvalue weighted by Gasteiger charge is 2.41. The molecule has 1 aliphatic heterocycles. The van der Waals surface area contributed by atoms with Crippen LogP contribution in [0.2, 0.25) is 0 Å². The Morgan fingerprint density at radius 3 is 2.62 bits per heavy atom. The van der Waals surface area contributed by atoms with Crippen LogP contribution in [0.5, 0.6) is 0 Å². The van der Waals surface area contributed by atoms with Gasteiger partial charge in [0.2, 0.25) is 5.95 Å². The number of esters is 1. The Morgan fingerprint density at radius 2 is 1.95 bits per heavy atom. The zero-order valence-electron chi connectivity index (χ0n) is 23.4. The van der Waals surface area contributed by atoms with Crippen LogP contribution in [0.1, 0.15) is 48.1 Å². The van der Waals surface area contributed by atoms with Crippen LogP contribution in [0, 0.1) is 11.3 Å². The van der Waals surface area contributed by atoms with Crippen LogP contribution in [0.4, 0.5) is 24.8 Å². The molecule has 1 aliphatic rings. The summed E-state index contributed by atoms with van der Waals surface area (Å²) in [5.74, 6) is -0.777. The van der Waals surface area contributed by atoms with Crippen molar-refractivity contribution in [2.24, 2.45) is 0 Å². The van der Waals surface area contributed by atoms with Crippen molar-refractivity contribution in [1.29, 1.82) is 5.26 Å². The second-order valence-corrected chi connectivity index (χ2v) is 9.98. The van der Waals surface area contributed by atoms with Crippen LogP contribution < -0.4 is 10.6 Å². The van der Waals surface area contributed by atoms with Gasteiger partial charge >= 0.3 is 17.8 Å². The van der Waals surface area contributed by atoms with Crippen molar-refractivity contribution < 1.29 is 27.8 Å². The molecule has 222 valence electrons. The van der Waals surface area contributed by atoms with E-state index in [9.17, 15) is 28.0 Å². The number of hydrogen-bond acceptors (Lipinski definition) is 8. The van der Waals surface area contributed by atoms with Crippen molar-refractivity contribution in [3.63, 3.8) is 0 Å². The fourth-order valence-electron chi connectivity index (χ4n) is 5.23. The number of aliphatic hydroxyl groups is 1. The molecule has 10 nitrogen and oxygen atoms in total. The van der Waals surface area contributed by atoms with Crippen molar-refractivity contribution in [3.8, 4) is 6.07 Å². The lowest BCUT2D eigenvalue weighted by Crippen LogP contribution is -2.38. The zero-order chi connectivity index (χ0) is 30.6. The molecule has 0 amide bonds. The summed E-state index contributed by atoms with van der Waals surface area (Å²) in [6, 6.07) is 10.6. The highest BCUT2D eigenvalue weighted by atomic mass is 19.4. The summed E-state index contributed by atoms with van der Waals surface area (Å²) >= 11 is 0. The Kier molecular flexibility index (Phi) is 9.18. The smallest absolute Gasteiger partial charge is 0.416 e. The Hall–Kier alpha value is -4.41. The van der Waals surface area contributed by atoms with Crippen LogP contribution in [0.3, 0.4) is 0 Å².